The summed E-state index contributed by atoms with van der Waals surface area (Å²) in [7, 11) is 0. The van der Waals surface area contributed by atoms with Gasteiger partial charge >= 0.3 is 5.97 Å². The molecular formula is C14H13F2NO3. The molecule has 4 nitrogen and oxygen atoms in total. The maximum atomic E-state index is 13.2. The fraction of sp³-hybridized carbons (Fsp3) is 0.143. The van der Waals surface area contributed by atoms with Gasteiger partial charge in [0.2, 0.25) is 0 Å². The number of carbonyl (C=O) groups is 2. The lowest BCUT2D eigenvalue weighted by Crippen LogP contribution is -2.20. The Bertz CT molecular complexity index is 553. The fourth-order valence-electron chi connectivity index (χ4n) is 1.21. The third-order valence-corrected chi connectivity index (χ3v) is 2.09. The Balaban J connectivity index is 2.46. The van der Waals surface area contributed by atoms with Crippen molar-refractivity contribution in [2.75, 3.05) is 11.9 Å². The van der Waals surface area contributed by atoms with Crippen molar-refractivity contribution in [1.82, 2.24) is 0 Å². The van der Waals surface area contributed by atoms with Gasteiger partial charge in [-0.15, -0.1) is 0 Å². The summed E-state index contributed by atoms with van der Waals surface area (Å²) in [5, 5.41) is 2.16. The molecule has 6 heteroatoms. The smallest absolute Gasteiger partial charge is 0.331 e. The maximum absolute atomic E-state index is 13.2. The highest BCUT2D eigenvalue weighted by atomic mass is 19.1. The summed E-state index contributed by atoms with van der Waals surface area (Å²) in [5.74, 6) is -3.07. The van der Waals surface area contributed by atoms with Crippen molar-refractivity contribution >= 4 is 17.6 Å². The molecule has 0 aliphatic heterocycles. The highest BCUT2D eigenvalue weighted by molar-refractivity contribution is 5.93. The number of hydrogen-bond donors (Lipinski definition) is 1. The maximum Gasteiger partial charge on any atom is 0.331 e. The van der Waals surface area contributed by atoms with Crippen LogP contribution in [-0.4, -0.2) is 18.5 Å². The summed E-state index contributed by atoms with van der Waals surface area (Å²) in [5.41, 5.74) is -0.183. The number of esters is 1. The number of hydrogen-bond acceptors (Lipinski definition) is 3. The highest BCUT2D eigenvalue weighted by Crippen LogP contribution is 2.14. The molecule has 1 N–H and O–H groups in total. The van der Waals surface area contributed by atoms with Gasteiger partial charge in [-0.2, -0.15) is 0 Å². The van der Waals surface area contributed by atoms with E-state index in [1.165, 1.54) is 6.08 Å². The van der Waals surface area contributed by atoms with E-state index in [0.717, 1.165) is 18.2 Å². The van der Waals surface area contributed by atoms with Crippen LogP contribution in [0.2, 0.25) is 0 Å². The Morgan fingerprint density at radius 2 is 2.05 bits per heavy atom. The SMILES string of the molecule is C/C=C/C=C/C(=O)OCC(=O)Nc1ccc(F)cc1F. The molecule has 1 aromatic carbocycles. The van der Waals surface area contributed by atoms with Crippen LogP contribution < -0.4 is 5.32 Å². The van der Waals surface area contributed by atoms with Gasteiger partial charge in [-0.25, -0.2) is 13.6 Å². The van der Waals surface area contributed by atoms with Crippen molar-refractivity contribution in [2.24, 2.45) is 0 Å². The average Bonchev–Trinajstić information content (AvgIpc) is 2.40. The lowest BCUT2D eigenvalue weighted by molar-refractivity contribution is -0.142. The molecule has 0 aromatic heterocycles. The number of ether oxygens (including phenoxy) is 1. The second kappa shape index (κ2) is 7.83. The van der Waals surface area contributed by atoms with Crippen molar-refractivity contribution < 1.29 is 23.1 Å². The predicted molar refractivity (Wildman–Crippen MR) is 69.9 cm³/mol. The summed E-state index contributed by atoms with van der Waals surface area (Å²) < 4.78 is 30.5. The van der Waals surface area contributed by atoms with Crippen LogP contribution in [-0.2, 0) is 14.3 Å². The molecule has 0 radical (unpaired) electrons. The van der Waals surface area contributed by atoms with Crippen molar-refractivity contribution in [2.45, 2.75) is 6.92 Å². The van der Waals surface area contributed by atoms with Crippen molar-refractivity contribution in [3.8, 4) is 0 Å². The van der Waals surface area contributed by atoms with Crippen LogP contribution in [0.3, 0.4) is 0 Å². The van der Waals surface area contributed by atoms with Gasteiger partial charge < -0.3 is 10.1 Å². The van der Waals surface area contributed by atoms with Gasteiger partial charge in [0.05, 0.1) is 5.69 Å². The lowest BCUT2D eigenvalue weighted by Gasteiger charge is -2.06. The highest BCUT2D eigenvalue weighted by Gasteiger charge is 2.09. The third kappa shape index (κ3) is 5.43. The van der Waals surface area contributed by atoms with Crippen molar-refractivity contribution in [3.05, 3.63) is 54.1 Å². The zero-order valence-electron chi connectivity index (χ0n) is 10.7. The molecule has 0 aliphatic rings. The van der Waals surface area contributed by atoms with Crippen LogP contribution in [0.1, 0.15) is 6.92 Å². The molecule has 1 aromatic rings. The normalized spacial score (nSPS) is 10.9. The van der Waals surface area contributed by atoms with Crippen LogP contribution in [0, 0.1) is 11.6 Å². The van der Waals surface area contributed by atoms with Crippen molar-refractivity contribution in [3.63, 3.8) is 0 Å². The number of rotatable bonds is 5. The third-order valence-electron chi connectivity index (χ3n) is 2.09. The largest absolute Gasteiger partial charge is 0.452 e. The van der Waals surface area contributed by atoms with E-state index in [2.05, 4.69) is 10.1 Å². The molecule has 1 rings (SSSR count). The average molecular weight is 281 g/mol. The zero-order chi connectivity index (χ0) is 15.0. The standard InChI is InChI=1S/C14H13F2NO3/c1-2-3-4-5-14(19)20-9-13(18)17-12-7-6-10(15)8-11(12)16/h2-8H,9H2,1H3,(H,17,18)/b3-2+,5-4+. The molecule has 0 atom stereocenters. The Hall–Kier alpha value is -2.50. The van der Waals surface area contributed by atoms with E-state index in [1.807, 2.05) is 0 Å². The quantitative estimate of drug-likeness (QED) is 0.512. The molecule has 20 heavy (non-hydrogen) atoms. The number of amides is 1. The van der Waals surface area contributed by atoms with Gasteiger partial charge in [0.1, 0.15) is 11.6 Å². The number of carbonyl (C=O) groups excluding carboxylic acids is 2. The number of allylic oxidation sites excluding steroid dienone is 3. The van der Waals surface area contributed by atoms with Crippen LogP contribution >= 0.6 is 0 Å². The second-order valence-corrected chi connectivity index (χ2v) is 3.66. The van der Waals surface area contributed by atoms with E-state index >= 15 is 0 Å². The predicted octanol–water partition coefficient (Wildman–Crippen LogP) is 2.58. The molecule has 0 bridgehead atoms. The monoisotopic (exact) mass is 281 g/mol. The minimum absolute atomic E-state index is 0.183. The summed E-state index contributed by atoms with van der Waals surface area (Å²) in [6.07, 6.45) is 5.94. The van der Waals surface area contributed by atoms with Gasteiger partial charge in [0.25, 0.3) is 5.91 Å². The van der Waals surface area contributed by atoms with Gasteiger partial charge in [0, 0.05) is 12.1 Å². The van der Waals surface area contributed by atoms with Crippen LogP contribution in [0.4, 0.5) is 14.5 Å². The first kappa shape index (κ1) is 15.6. The lowest BCUT2D eigenvalue weighted by atomic mass is 10.3. The molecule has 0 spiro atoms. The number of benzene rings is 1. The molecule has 0 saturated heterocycles. The van der Waals surface area contributed by atoms with E-state index in [-0.39, 0.29) is 5.69 Å². The van der Waals surface area contributed by atoms with Crippen LogP contribution in [0.5, 0.6) is 0 Å². The van der Waals surface area contributed by atoms with E-state index in [4.69, 9.17) is 0 Å². The first-order chi connectivity index (χ1) is 9.52. The van der Waals surface area contributed by atoms with Gasteiger partial charge in [0.15, 0.2) is 6.61 Å². The second-order valence-electron chi connectivity index (χ2n) is 3.66. The zero-order valence-corrected chi connectivity index (χ0v) is 10.7. The Kier molecular flexibility index (Phi) is 6.09. The summed E-state index contributed by atoms with van der Waals surface area (Å²) >= 11 is 0. The molecule has 1 amide bonds. The Morgan fingerprint density at radius 3 is 2.70 bits per heavy atom. The van der Waals surface area contributed by atoms with E-state index in [0.29, 0.717) is 6.07 Å². The van der Waals surface area contributed by atoms with E-state index in [1.54, 1.807) is 19.1 Å². The molecule has 0 aliphatic carbocycles. The Morgan fingerprint density at radius 1 is 1.30 bits per heavy atom. The minimum atomic E-state index is -0.905. The fourth-order valence-corrected chi connectivity index (χ4v) is 1.21. The first-order valence-corrected chi connectivity index (χ1v) is 5.74. The molecular weight excluding hydrogens is 268 g/mol. The minimum Gasteiger partial charge on any atom is -0.452 e. The van der Waals surface area contributed by atoms with E-state index < -0.39 is 30.1 Å². The van der Waals surface area contributed by atoms with Crippen LogP contribution in [0.25, 0.3) is 0 Å². The first-order valence-electron chi connectivity index (χ1n) is 5.74. The van der Waals surface area contributed by atoms with Crippen molar-refractivity contribution in [1.29, 1.82) is 0 Å². The summed E-state index contributed by atoms with van der Waals surface area (Å²) in [6.45, 7) is 1.22. The number of halogens is 2. The molecule has 0 saturated carbocycles. The number of anilines is 1. The summed E-state index contributed by atoms with van der Waals surface area (Å²) in [4.78, 5) is 22.5. The van der Waals surface area contributed by atoms with Gasteiger partial charge in [-0.1, -0.05) is 18.2 Å². The van der Waals surface area contributed by atoms with E-state index in [9.17, 15) is 18.4 Å². The topological polar surface area (TPSA) is 55.4 Å². The number of nitrogens with one attached hydrogen (secondary N) is 1. The van der Waals surface area contributed by atoms with Gasteiger partial charge in [-0.3, -0.25) is 4.79 Å². The molecule has 0 unspecified atom stereocenters. The summed E-state index contributed by atoms with van der Waals surface area (Å²) in [6, 6.07) is 2.72. The molecule has 0 heterocycles. The van der Waals surface area contributed by atoms with Crippen LogP contribution in [0.15, 0.2) is 42.5 Å². The molecule has 0 fully saturated rings. The van der Waals surface area contributed by atoms with Gasteiger partial charge in [-0.05, 0) is 19.1 Å². The molecule has 106 valence electrons. The Labute approximate surface area is 114 Å².